The molecule has 0 aliphatic carbocycles. The number of benzene rings is 7. The molecular weight excluding hydrogens is 645 g/mol. The highest BCUT2D eigenvalue weighted by Crippen LogP contribution is 2.45. The molecule has 0 bridgehead atoms. The first kappa shape index (κ1) is 28.2. The number of fused-ring (bicyclic) bond motifs is 10. The smallest absolute Gasteiger partial charge is 0.164 e. The van der Waals surface area contributed by atoms with E-state index in [2.05, 4.69) is 89.5 Å². The van der Waals surface area contributed by atoms with Gasteiger partial charge in [0.2, 0.25) is 0 Å². The van der Waals surface area contributed by atoms with Crippen molar-refractivity contribution in [3.05, 3.63) is 158 Å². The Balaban J connectivity index is 1.12. The Morgan fingerprint density at radius 1 is 0.471 bits per heavy atom. The summed E-state index contributed by atoms with van der Waals surface area (Å²) in [6.07, 6.45) is 0. The summed E-state index contributed by atoms with van der Waals surface area (Å²) in [6.45, 7) is 0. The van der Waals surface area contributed by atoms with Gasteiger partial charge in [0.15, 0.2) is 23.1 Å². The monoisotopic (exact) mass is 670 g/mol. The van der Waals surface area contributed by atoms with E-state index in [-0.39, 0.29) is 0 Å². The van der Waals surface area contributed by atoms with Crippen molar-refractivity contribution < 1.29 is 4.42 Å². The van der Waals surface area contributed by atoms with Gasteiger partial charge in [-0.3, -0.25) is 0 Å². The van der Waals surface area contributed by atoms with Crippen molar-refractivity contribution in [3.63, 3.8) is 0 Å². The van der Waals surface area contributed by atoms with Crippen LogP contribution < -0.4 is 0 Å². The second kappa shape index (κ2) is 10.9. The molecule has 0 saturated carbocycles. The Morgan fingerprint density at radius 2 is 1.06 bits per heavy atom. The van der Waals surface area contributed by atoms with Gasteiger partial charge in [-0.15, -0.1) is 11.3 Å². The normalized spacial score (nSPS) is 11.9. The summed E-state index contributed by atoms with van der Waals surface area (Å²) in [6, 6.07) is 54.9. The molecule has 4 aromatic heterocycles. The zero-order valence-electron chi connectivity index (χ0n) is 27.1. The summed E-state index contributed by atoms with van der Waals surface area (Å²) >= 11 is 1.78. The summed E-state index contributed by atoms with van der Waals surface area (Å²) < 4.78 is 11.5. The largest absolute Gasteiger partial charge is 0.455 e. The predicted molar refractivity (Wildman–Crippen MR) is 211 cm³/mol. The highest BCUT2D eigenvalue weighted by molar-refractivity contribution is 7.26. The van der Waals surface area contributed by atoms with E-state index in [0.29, 0.717) is 17.5 Å². The van der Waals surface area contributed by atoms with Crippen LogP contribution in [0.15, 0.2) is 162 Å². The van der Waals surface area contributed by atoms with Gasteiger partial charge in [-0.1, -0.05) is 121 Å². The standard InChI is InChI=1S/C45H26N4OS/c1-3-12-27(13-4-1)43-46-44(28-14-5-2-6-15-28)48-45(47-43)35-18-11-21-38-40(35)34-25-24-33-32-23-22-29(26-39(32)51-42(33)41(34)50-38)49-36-19-9-7-16-30(36)31-17-8-10-20-37(31)49/h1-26H. The van der Waals surface area contributed by atoms with Gasteiger partial charge in [0.05, 0.1) is 15.7 Å². The number of furan rings is 1. The fraction of sp³-hybridized carbons (Fsp3) is 0. The first-order valence-electron chi connectivity index (χ1n) is 16.9. The van der Waals surface area contributed by atoms with Crippen molar-refractivity contribution in [2.75, 3.05) is 0 Å². The Hall–Kier alpha value is -6.63. The lowest BCUT2D eigenvalue weighted by Crippen LogP contribution is -2.00. The fourth-order valence-electron chi connectivity index (χ4n) is 7.56. The third kappa shape index (κ3) is 4.30. The molecule has 0 saturated heterocycles. The van der Waals surface area contributed by atoms with Crippen molar-refractivity contribution in [3.8, 4) is 39.9 Å². The summed E-state index contributed by atoms with van der Waals surface area (Å²) in [5.41, 5.74) is 8.04. The molecule has 0 unspecified atom stereocenters. The fourth-order valence-corrected chi connectivity index (χ4v) is 8.78. The number of aromatic nitrogens is 4. The lowest BCUT2D eigenvalue weighted by atomic mass is 10.0. The van der Waals surface area contributed by atoms with Crippen LogP contribution in [0.3, 0.4) is 0 Å². The number of para-hydroxylation sites is 2. The number of hydrogen-bond acceptors (Lipinski definition) is 5. The third-order valence-electron chi connectivity index (χ3n) is 9.87. The van der Waals surface area contributed by atoms with E-state index in [1.54, 1.807) is 11.3 Å². The van der Waals surface area contributed by atoms with E-state index in [1.807, 2.05) is 72.8 Å². The number of nitrogens with zero attached hydrogens (tertiary/aromatic N) is 4. The summed E-state index contributed by atoms with van der Waals surface area (Å²) in [5, 5.41) is 6.98. The van der Waals surface area contributed by atoms with Crippen LogP contribution in [-0.2, 0) is 0 Å². The minimum absolute atomic E-state index is 0.614. The molecule has 0 fully saturated rings. The molecule has 238 valence electrons. The number of rotatable bonds is 4. The van der Waals surface area contributed by atoms with E-state index >= 15 is 0 Å². The Morgan fingerprint density at radius 3 is 1.75 bits per heavy atom. The van der Waals surface area contributed by atoms with Crippen LogP contribution in [0.4, 0.5) is 0 Å². The molecule has 7 aromatic carbocycles. The van der Waals surface area contributed by atoms with Gasteiger partial charge in [0, 0.05) is 59.4 Å². The molecule has 51 heavy (non-hydrogen) atoms. The van der Waals surface area contributed by atoms with Crippen molar-refractivity contribution in [1.29, 1.82) is 0 Å². The Labute approximate surface area is 295 Å². The quantitative estimate of drug-likeness (QED) is 0.187. The first-order chi connectivity index (χ1) is 25.3. The van der Waals surface area contributed by atoms with Gasteiger partial charge in [-0.25, -0.2) is 15.0 Å². The summed E-state index contributed by atoms with van der Waals surface area (Å²) in [4.78, 5) is 15.0. The van der Waals surface area contributed by atoms with Crippen LogP contribution >= 0.6 is 11.3 Å². The molecule has 0 N–H and O–H groups in total. The number of hydrogen-bond donors (Lipinski definition) is 0. The zero-order valence-corrected chi connectivity index (χ0v) is 27.9. The maximum absolute atomic E-state index is 6.74. The zero-order chi connectivity index (χ0) is 33.5. The van der Waals surface area contributed by atoms with E-state index in [4.69, 9.17) is 19.4 Å². The first-order valence-corrected chi connectivity index (χ1v) is 17.8. The molecule has 0 radical (unpaired) electrons. The van der Waals surface area contributed by atoms with E-state index < -0.39 is 0 Å². The van der Waals surface area contributed by atoms with Gasteiger partial charge in [-0.05, 0) is 36.4 Å². The molecule has 4 heterocycles. The molecule has 0 atom stereocenters. The molecule has 0 spiro atoms. The second-order valence-electron chi connectivity index (χ2n) is 12.8. The van der Waals surface area contributed by atoms with Crippen LogP contribution in [0, 0.1) is 0 Å². The second-order valence-corrected chi connectivity index (χ2v) is 13.8. The topological polar surface area (TPSA) is 56.7 Å². The molecule has 11 aromatic rings. The third-order valence-corrected chi connectivity index (χ3v) is 11.0. The van der Waals surface area contributed by atoms with Crippen molar-refractivity contribution in [1.82, 2.24) is 19.5 Å². The van der Waals surface area contributed by atoms with Crippen LogP contribution in [0.25, 0.3) is 104 Å². The molecule has 0 aliphatic rings. The van der Waals surface area contributed by atoms with Gasteiger partial charge in [-0.2, -0.15) is 0 Å². The van der Waals surface area contributed by atoms with Gasteiger partial charge in [0.1, 0.15) is 5.58 Å². The molecule has 0 aliphatic heterocycles. The lowest BCUT2D eigenvalue weighted by Gasteiger charge is -2.09. The number of thiophene rings is 1. The maximum atomic E-state index is 6.74. The average Bonchev–Trinajstić information content (AvgIpc) is 3.88. The molecular formula is C45H26N4OS. The molecule has 6 heteroatoms. The summed E-state index contributed by atoms with van der Waals surface area (Å²) in [5.74, 6) is 1.88. The lowest BCUT2D eigenvalue weighted by molar-refractivity contribution is 0.673. The Bertz CT molecular complexity index is 3030. The van der Waals surface area contributed by atoms with Gasteiger partial charge in [0.25, 0.3) is 0 Å². The molecule has 0 amide bonds. The summed E-state index contributed by atoms with van der Waals surface area (Å²) in [7, 11) is 0. The van der Waals surface area contributed by atoms with Gasteiger partial charge < -0.3 is 8.98 Å². The Kier molecular flexibility index (Phi) is 6.05. The van der Waals surface area contributed by atoms with Crippen LogP contribution in [0.5, 0.6) is 0 Å². The maximum Gasteiger partial charge on any atom is 0.164 e. The highest BCUT2D eigenvalue weighted by atomic mass is 32.1. The van der Waals surface area contributed by atoms with E-state index in [1.165, 1.54) is 37.3 Å². The average molecular weight is 671 g/mol. The molecule has 5 nitrogen and oxygen atoms in total. The highest BCUT2D eigenvalue weighted by Gasteiger charge is 2.21. The van der Waals surface area contributed by atoms with Crippen molar-refractivity contribution in [2.45, 2.75) is 0 Å². The van der Waals surface area contributed by atoms with Gasteiger partial charge >= 0.3 is 0 Å². The van der Waals surface area contributed by atoms with E-state index in [0.717, 1.165) is 49.0 Å². The SMILES string of the molecule is c1ccc(-c2nc(-c3ccccc3)nc(-c3cccc4oc5c(ccc6c7ccc(-n8c9ccccc9c9ccccc98)cc7sc65)c34)n2)cc1. The van der Waals surface area contributed by atoms with Crippen molar-refractivity contribution in [2.24, 2.45) is 0 Å². The molecule has 11 rings (SSSR count). The predicted octanol–water partition coefficient (Wildman–Crippen LogP) is 12.2. The van der Waals surface area contributed by atoms with Crippen LogP contribution in [0.1, 0.15) is 0 Å². The minimum Gasteiger partial charge on any atom is -0.455 e. The minimum atomic E-state index is 0.614. The van der Waals surface area contributed by atoms with E-state index in [9.17, 15) is 0 Å². The van der Waals surface area contributed by atoms with Crippen LogP contribution in [0.2, 0.25) is 0 Å². The van der Waals surface area contributed by atoms with Crippen molar-refractivity contribution >= 4 is 75.3 Å². The van der Waals surface area contributed by atoms with Crippen LogP contribution in [-0.4, -0.2) is 19.5 Å².